The Morgan fingerprint density at radius 2 is 2.00 bits per heavy atom. The molecule has 21 heavy (non-hydrogen) atoms. The lowest BCUT2D eigenvalue weighted by Gasteiger charge is -2.22. The first-order chi connectivity index (χ1) is 9.61. The molecule has 0 aromatic heterocycles. The molecule has 1 unspecified atom stereocenters. The molecule has 1 aromatic carbocycles. The fraction of sp³-hybridized carbons (Fsp3) is 0.500. The van der Waals surface area contributed by atoms with E-state index in [9.17, 15) is 13.2 Å². The summed E-state index contributed by atoms with van der Waals surface area (Å²) in [6.45, 7) is 6.02. The van der Waals surface area contributed by atoms with Gasteiger partial charge in [0.15, 0.2) is 0 Å². The van der Waals surface area contributed by atoms with Crippen LogP contribution in [0.1, 0.15) is 36.2 Å². The molecule has 5 nitrogen and oxygen atoms in total. The average molecular weight is 378 g/mol. The molecule has 1 N–H and O–H groups in total. The SMILES string of the molecule is CCC(C)CN(C)S(=O)(=O)c1cc(C(=O)O)cc(Br)c1C. The van der Waals surface area contributed by atoms with E-state index in [0.29, 0.717) is 16.6 Å². The second-order valence-corrected chi connectivity index (χ2v) is 8.05. The molecule has 0 radical (unpaired) electrons. The van der Waals surface area contributed by atoms with Crippen LogP contribution >= 0.6 is 15.9 Å². The summed E-state index contributed by atoms with van der Waals surface area (Å²) < 4.78 is 27.0. The molecule has 0 saturated heterocycles. The molecule has 0 aliphatic heterocycles. The predicted molar refractivity (Wildman–Crippen MR) is 85.1 cm³/mol. The largest absolute Gasteiger partial charge is 0.478 e. The third kappa shape index (κ3) is 4.05. The highest BCUT2D eigenvalue weighted by molar-refractivity contribution is 9.10. The van der Waals surface area contributed by atoms with E-state index in [-0.39, 0.29) is 16.4 Å². The summed E-state index contributed by atoms with van der Waals surface area (Å²) in [7, 11) is -2.20. The quantitative estimate of drug-likeness (QED) is 0.826. The van der Waals surface area contributed by atoms with Crippen LogP contribution in [0.15, 0.2) is 21.5 Å². The zero-order valence-corrected chi connectivity index (χ0v) is 15.0. The molecule has 0 heterocycles. The molecule has 1 atom stereocenters. The first-order valence-corrected chi connectivity index (χ1v) is 8.84. The highest BCUT2D eigenvalue weighted by Crippen LogP contribution is 2.28. The summed E-state index contributed by atoms with van der Waals surface area (Å²) in [4.78, 5) is 11.1. The molecule has 0 aliphatic rings. The van der Waals surface area contributed by atoms with Gasteiger partial charge in [0.1, 0.15) is 0 Å². The Hall–Kier alpha value is -0.920. The Morgan fingerprint density at radius 1 is 1.43 bits per heavy atom. The summed E-state index contributed by atoms with van der Waals surface area (Å²) in [5.74, 6) is -0.923. The fourth-order valence-electron chi connectivity index (χ4n) is 1.88. The van der Waals surface area contributed by atoms with Gasteiger partial charge in [0.2, 0.25) is 10.0 Å². The van der Waals surface area contributed by atoms with E-state index in [1.54, 1.807) is 6.92 Å². The van der Waals surface area contributed by atoms with Gasteiger partial charge in [0.05, 0.1) is 10.5 Å². The van der Waals surface area contributed by atoms with Crippen LogP contribution in [0.5, 0.6) is 0 Å². The van der Waals surface area contributed by atoms with Crippen LogP contribution in [0, 0.1) is 12.8 Å². The second kappa shape index (κ2) is 6.89. The minimum absolute atomic E-state index is 0.0279. The molecular formula is C14H20BrNO4S. The second-order valence-electron chi connectivity index (χ2n) is 5.19. The maximum Gasteiger partial charge on any atom is 0.335 e. The van der Waals surface area contributed by atoms with E-state index in [1.165, 1.54) is 23.5 Å². The van der Waals surface area contributed by atoms with Crippen LogP contribution in [-0.2, 0) is 10.0 Å². The van der Waals surface area contributed by atoms with Crippen molar-refractivity contribution in [2.24, 2.45) is 5.92 Å². The molecule has 1 rings (SSSR count). The maximum atomic E-state index is 12.6. The summed E-state index contributed by atoms with van der Waals surface area (Å²) in [5, 5.41) is 9.08. The number of halogens is 1. The highest BCUT2D eigenvalue weighted by atomic mass is 79.9. The Kier molecular flexibility index (Phi) is 5.95. The van der Waals surface area contributed by atoms with Crippen LogP contribution in [0.4, 0.5) is 0 Å². The minimum atomic E-state index is -3.71. The summed E-state index contributed by atoms with van der Waals surface area (Å²) in [5.41, 5.74) is 0.457. The molecule has 0 spiro atoms. The predicted octanol–water partition coefficient (Wildman–Crippen LogP) is 3.12. The molecule has 7 heteroatoms. The van der Waals surface area contributed by atoms with Gasteiger partial charge in [0, 0.05) is 18.1 Å². The Bertz CT molecular complexity index is 643. The van der Waals surface area contributed by atoms with Crippen LogP contribution in [0.25, 0.3) is 0 Å². The number of sulfonamides is 1. The van der Waals surface area contributed by atoms with Gasteiger partial charge in [-0.3, -0.25) is 0 Å². The Balaban J connectivity index is 3.34. The van der Waals surface area contributed by atoms with E-state index < -0.39 is 16.0 Å². The van der Waals surface area contributed by atoms with Crippen LogP contribution in [0.3, 0.4) is 0 Å². The fourth-order valence-corrected chi connectivity index (χ4v) is 4.03. The lowest BCUT2D eigenvalue weighted by atomic mass is 10.1. The number of carbonyl (C=O) groups is 1. The average Bonchev–Trinajstić information content (AvgIpc) is 2.40. The molecule has 0 aliphatic carbocycles. The van der Waals surface area contributed by atoms with Crippen molar-refractivity contribution in [3.63, 3.8) is 0 Å². The Morgan fingerprint density at radius 3 is 2.48 bits per heavy atom. The van der Waals surface area contributed by atoms with Crippen LogP contribution in [-0.4, -0.2) is 37.4 Å². The van der Waals surface area contributed by atoms with Crippen molar-refractivity contribution < 1.29 is 18.3 Å². The van der Waals surface area contributed by atoms with E-state index in [2.05, 4.69) is 15.9 Å². The molecule has 1 aromatic rings. The highest BCUT2D eigenvalue weighted by Gasteiger charge is 2.26. The number of rotatable bonds is 6. The van der Waals surface area contributed by atoms with Crippen molar-refractivity contribution in [1.82, 2.24) is 4.31 Å². The molecule has 0 bridgehead atoms. The molecule has 118 valence electrons. The lowest BCUT2D eigenvalue weighted by Crippen LogP contribution is -2.31. The van der Waals surface area contributed by atoms with Gasteiger partial charge in [-0.1, -0.05) is 36.2 Å². The standard InChI is InChI=1S/C14H20BrNO4S/c1-5-9(2)8-16(4)21(19,20)13-7-11(14(17)18)6-12(15)10(13)3/h6-7,9H,5,8H2,1-4H3,(H,17,18). The topological polar surface area (TPSA) is 74.7 Å². The number of hydrogen-bond acceptors (Lipinski definition) is 3. The van der Waals surface area contributed by atoms with E-state index >= 15 is 0 Å². The zero-order valence-electron chi connectivity index (χ0n) is 12.6. The van der Waals surface area contributed by atoms with Gasteiger partial charge < -0.3 is 5.11 Å². The van der Waals surface area contributed by atoms with Gasteiger partial charge in [-0.2, -0.15) is 0 Å². The zero-order chi connectivity index (χ0) is 16.4. The first kappa shape index (κ1) is 18.1. The number of carboxylic acid groups (broad SMARTS) is 1. The lowest BCUT2D eigenvalue weighted by molar-refractivity contribution is 0.0696. The van der Waals surface area contributed by atoms with Crippen molar-refractivity contribution in [2.75, 3.05) is 13.6 Å². The molecule has 0 fully saturated rings. The van der Waals surface area contributed by atoms with Gasteiger partial charge in [-0.25, -0.2) is 17.5 Å². The summed E-state index contributed by atoms with van der Waals surface area (Å²) >= 11 is 3.23. The van der Waals surface area contributed by atoms with Crippen LogP contribution < -0.4 is 0 Å². The Labute approximate surface area is 134 Å². The van der Waals surface area contributed by atoms with E-state index in [1.807, 2.05) is 13.8 Å². The van der Waals surface area contributed by atoms with Crippen molar-refractivity contribution in [1.29, 1.82) is 0 Å². The third-order valence-corrected chi connectivity index (χ3v) is 6.27. The van der Waals surface area contributed by atoms with E-state index in [4.69, 9.17) is 5.11 Å². The number of nitrogens with zero attached hydrogens (tertiary/aromatic N) is 1. The van der Waals surface area contributed by atoms with Crippen molar-refractivity contribution in [2.45, 2.75) is 32.1 Å². The van der Waals surface area contributed by atoms with Gasteiger partial charge in [0.25, 0.3) is 0 Å². The van der Waals surface area contributed by atoms with Crippen molar-refractivity contribution in [3.8, 4) is 0 Å². The number of benzene rings is 1. The van der Waals surface area contributed by atoms with Crippen molar-refractivity contribution >= 4 is 31.9 Å². The van der Waals surface area contributed by atoms with Gasteiger partial charge >= 0.3 is 5.97 Å². The number of aromatic carboxylic acids is 1. The number of hydrogen-bond donors (Lipinski definition) is 1. The van der Waals surface area contributed by atoms with Crippen LogP contribution in [0.2, 0.25) is 0 Å². The maximum absolute atomic E-state index is 12.6. The molecular weight excluding hydrogens is 358 g/mol. The molecule has 0 amide bonds. The minimum Gasteiger partial charge on any atom is -0.478 e. The van der Waals surface area contributed by atoms with Gasteiger partial charge in [-0.15, -0.1) is 0 Å². The smallest absolute Gasteiger partial charge is 0.335 e. The summed E-state index contributed by atoms with van der Waals surface area (Å²) in [6.07, 6.45) is 0.873. The monoisotopic (exact) mass is 377 g/mol. The first-order valence-electron chi connectivity index (χ1n) is 6.61. The van der Waals surface area contributed by atoms with Crippen molar-refractivity contribution in [3.05, 3.63) is 27.7 Å². The third-order valence-electron chi connectivity index (χ3n) is 3.50. The van der Waals surface area contributed by atoms with Gasteiger partial charge in [-0.05, 0) is 30.5 Å². The van der Waals surface area contributed by atoms with E-state index in [0.717, 1.165) is 6.42 Å². The summed E-state index contributed by atoms with van der Waals surface area (Å²) in [6, 6.07) is 2.62. The number of carboxylic acids is 1. The normalized spacial score (nSPS) is 13.4. The molecule has 0 saturated carbocycles.